The number of aliphatic hydroxyl groups excluding tert-OH is 1. The third-order valence-electron chi connectivity index (χ3n) is 6.70. The van der Waals surface area contributed by atoms with E-state index in [0.29, 0.717) is 0 Å². The van der Waals surface area contributed by atoms with Gasteiger partial charge in [-0.2, -0.15) is 0 Å². The Hall–Kier alpha value is -1.46. The van der Waals surface area contributed by atoms with E-state index < -0.39 is 8.32 Å². The van der Waals surface area contributed by atoms with Crippen molar-refractivity contribution in [2.45, 2.75) is 90.3 Å². The van der Waals surface area contributed by atoms with Gasteiger partial charge in [0.1, 0.15) is 0 Å². The van der Waals surface area contributed by atoms with Crippen molar-refractivity contribution in [3.63, 3.8) is 0 Å². The summed E-state index contributed by atoms with van der Waals surface area (Å²) in [4.78, 5) is 2.45. The highest BCUT2D eigenvalue weighted by molar-refractivity contribution is 6.74. The van der Waals surface area contributed by atoms with Crippen LogP contribution in [0.3, 0.4) is 0 Å². The lowest BCUT2D eigenvalue weighted by Gasteiger charge is -2.37. The van der Waals surface area contributed by atoms with E-state index in [1.54, 1.807) is 0 Å². The van der Waals surface area contributed by atoms with Gasteiger partial charge >= 0.3 is 0 Å². The largest absolute Gasteiger partial charge is 0.417 e. The summed E-state index contributed by atoms with van der Waals surface area (Å²) >= 11 is 0. The predicted molar refractivity (Wildman–Crippen MR) is 135 cm³/mol. The van der Waals surface area contributed by atoms with Gasteiger partial charge in [-0.1, -0.05) is 88.4 Å². The Morgan fingerprint density at radius 3 is 1.81 bits per heavy atom. The third kappa shape index (κ3) is 8.19. The van der Waals surface area contributed by atoms with Gasteiger partial charge in [-0.05, 0) is 48.5 Å². The van der Waals surface area contributed by atoms with E-state index in [-0.39, 0.29) is 17.2 Å². The van der Waals surface area contributed by atoms with Gasteiger partial charge < -0.3 is 9.53 Å². The Kier molecular flexibility index (Phi) is 9.95. The zero-order valence-electron chi connectivity index (χ0n) is 20.5. The molecule has 0 aliphatic carbocycles. The lowest BCUT2D eigenvalue weighted by atomic mass is 9.99. The first kappa shape index (κ1) is 25.8. The van der Waals surface area contributed by atoms with E-state index in [0.717, 1.165) is 39.0 Å². The minimum atomic E-state index is -1.74. The molecular formula is C27H43NO2Si. The minimum absolute atomic E-state index is 0.105. The maximum absolute atomic E-state index is 11.0. The maximum atomic E-state index is 11.0. The van der Waals surface area contributed by atoms with Crippen LogP contribution in [0.25, 0.3) is 0 Å². The van der Waals surface area contributed by atoms with Crippen LogP contribution in [0.2, 0.25) is 18.1 Å². The third-order valence-corrected chi connectivity index (χ3v) is 11.2. The first-order valence-electron chi connectivity index (χ1n) is 11.8. The first-order valence-corrected chi connectivity index (χ1v) is 14.7. The van der Waals surface area contributed by atoms with Crippen LogP contribution in [0.1, 0.15) is 58.1 Å². The lowest BCUT2D eigenvalue weighted by Crippen LogP contribution is -2.44. The summed E-state index contributed by atoms with van der Waals surface area (Å²) in [6, 6.07) is 21.3. The molecule has 0 saturated heterocycles. The average Bonchev–Trinajstić information content (AvgIpc) is 2.73. The fourth-order valence-electron chi connectivity index (χ4n) is 3.65. The Morgan fingerprint density at radius 2 is 1.39 bits per heavy atom. The molecule has 3 nitrogen and oxygen atoms in total. The number of benzene rings is 2. The van der Waals surface area contributed by atoms with Crippen LogP contribution in [0.15, 0.2) is 60.7 Å². The van der Waals surface area contributed by atoms with E-state index in [9.17, 15) is 5.11 Å². The van der Waals surface area contributed by atoms with Gasteiger partial charge in [0.2, 0.25) is 0 Å². The molecule has 0 amide bonds. The molecule has 2 atom stereocenters. The summed E-state index contributed by atoms with van der Waals surface area (Å²) in [6.45, 7) is 16.0. The molecule has 0 unspecified atom stereocenters. The van der Waals surface area contributed by atoms with Crippen LogP contribution in [-0.4, -0.2) is 37.1 Å². The molecule has 0 heterocycles. The van der Waals surface area contributed by atoms with Crippen molar-refractivity contribution >= 4 is 8.32 Å². The zero-order valence-corrected chi connectivity index (χ0v) is 21.5. The maximum Gasteiger partial charge on any atom is 0.191 e. The van der Waals surface area contributed by atoms with Crippen molar-refractivity contribution in [1.29, 1.82) is 0 Å². The SMILES string of the molecule is CC[C@H](O)[C@H](CCCO[Si](C)(C)C(C)(C)C)N(Cc1ccccc1)Cc1ccccc1. The summed E-state index contributed by atoms with van der Waals surface area (Å²) in [6.07, 6.45) is 2.31. The number of nitrogens with zero attached hydrogens (tertiary/aromatic N) is 1. The van der Waals surface area contributed by atoms with Gasteiger partial charge in [0, 0.05) is 25.7 Å². The predicted octanol–water partition coefficient (Wildman–Crippen LogP) is 6.63. The fraction of sp³-hybridized carbons (Fsp3) is 0.556. The van der Waals surface area contributed by atoms with Crippen molar-refractivity contribution in [2.24, 2.45) is 0 Å². The van der Waals surface area contributed by atoms with Crippen molar-refractivity contribution in [3.8, 4) is 0 Å². The molecule has 0 aromatic heterocycles. The van der Waals surface area contributed by atoms with Crippen LogP contribution < -0.4 is 0 Å². The highest BCUT2D eigenvalue weighted by atomic mass is 28.4. The average molecular weight is 442 g/mol. The molecule has 2 rings (SSSR count). The second kappa shape index (κ2) is 12.0. The first-order chi connectivity index (χ1) is 14.6. The second-order valence-corrected chi connectivity index (χ2v) is 15.0. The molecule has 0 spiro atoms. The summed E-state index contributed by atoms with van der Waals surface area (Å²) in [5.74, 6) is 0. The number of hydrogen-bond acceptors (Lipinski definition) is 3. The van der Waals surface area contributed by atoms with Gasteiger partial charge in [-0.25, -0.2) is 0 Å². The molecule has 31 heavy (non-hydrogen) atoms. The van der Waals surface area contributed by atoms with Crippen LogP contribution in [-0.2, 0) is 17.5 Å². The smallest absolute Gasteiger partial charge is 0.191 e. The van der Waals surface area contributed by atoms with Crippen LogP contribution in [0.5, 0.6) is 0 Å². The minimum Gasteiger partial charge on any atom is -0.417 e. The van der Waals surface area contributed by atoms with Crippen LogP contribution in [0.4, 0.5) is 0 Å². The molecule has 0 radical (unpaired) electrons. The number of hydrogen-bond donors (Lipinski definition) is 1. The van der Waals surface area contributed by atoms with Gasteiger partial charge in [0.05, 0.1) is 6.10 Å². The molecule has 2 aromatic carbocycles. The van der Waals surface area contributed by atoms with Gasteiger partial charge in [-0.3, -0.25) is 4.90 Å². The summed E-state index contributed by atoms with van der Waals surface area (Å²) in [5.41, 5.74) is 2.56. The Labute approximate surface area is 191 Å². The molecule has 172 valence electrons. The quantitative estimate of drug-likeness (QED) is 0.296. The van der Waals surface area contributed by atoms with Gasteiger partial charge in [0.25, 0.3) is 0 Å². The molecule has 0 bridgehead atoms. The van der Waals surface area contributed by atoms with Gasteiger partial charge in [0.15, 0.2) is 8.32 Å². The van der Waals surface area contributed by atoms with Gasteiger partial charge in [-0.15, -0.1) is 0 Å². The molecule has 0 fully saturated rings. The summed E-state index contributed by atoms with van der Waals surface area (Å²) in [5, 5.41) is 11.2. The van der Waals surface area contributed by atoms with Crippen LogP contribution >= 0.6 is 0 Å². The van der Waals surface area contributed by atoms with E-state index in [2.05, 4.69) is 106 Å². The Morgan fingerprint density at radius 1 is 0.903 bits per heavy atom. The molecule has 1 N–H and O–H groups in total. The monoisotopic (exact) mass is 441 g/mol. The van der Waals surface area contributed by atoms with Crippen molar-refractivity contribution < 1.29 is 9.53 Å². The second-order valence-electron chi connectivity index (χ2n) is 10.2. The molecule has 0 aliphatic heterocycles. The normalized spacial score (nSPS) is 14.6. The summed E-state index contributed by atoms with van der Waals surface area (Å²) < 4.78 is 6.41. The zero-order chi connectivity index (χ0) is 22.9. The number of aliphatic hydroxyl groups is 1. The molecule has 0 saturated carbocycles. The highest BCUT2D eigenvalue weighted by Gasteiger charge is 2.37. The van der Waals surface area contributed by atoms with E-state index in [4.69, 9.17) is 4.43 Å². The Bertz CT molecular complexity index is 701. The molecule has 4 heteroatoms. The van der Waals surface area contributed by atoms with E-state index in [1.807, 2.05) is 0 Å². The summed E-state index contributed by atoms with van der Waals surface area (Å²) in [7, 11) is -1.74. The molecular weight excluding hydrogens is 398 g/mol. The number of rotatable bonds is 12. The molecule has 2 aromatic rings. The highest BCUT2D eigenvalue weighted by Crippen LogP contribution is 2.36. The van der Waals surface area contributed by atoms with E-state index >= 15 is 0 Å². The van der Waals surface area contributed by atoms with Crippen LogP contribution in [0, 0.1) is 0 Å². The fourth-order valence-corrected chi connectivity index (χ4v) is 4.74. The lowest BCUT2D eigenvalue weighted by molar-refractivity contribution is 0.0291. The van der Waals surface area contributed by atoms with Crippen molar-refractivity contribution in [2.75, 3.05) is 6.61 Å². The molecule has 0 aliphatic rings. The standard InChI is InChI=1S/C27H43NO2Si/c1-7-26(29)25(19-14-20-30-31(5,6)27(2,3)4)28(21-23-15-10-8-11-16-23)22-24-17-12-9-13-18-24/h8-13,15-18,25-26,29H,7,14,19-22H2,1-6H3/t25-,26-/m0/s1. The van der Waals surface area contributed by atoms with E-state index in [1.165, 1.54) is 11.1 Å². The Balaban J connectivity index is 2.12. The topological polar surface area (TPSA) is 32.7 Å². The van der Waals surface area contributed by atoms with Crippen molar-refractivity contribution in [3.05, 3.63) is 71.8 Å². The van der Waals surface area contributed by atoms with Crippen molar-refractivity contribution in [1.82, 2.24) is 4.90 Å².